The van der Waals surface area contributed by atoms with Crippen molar-refractivity contribution in [2.24, 2.45) is 11.7 Å². The molecule has 3 atom stereocenters. The maximum atomic E-state index is 13.0. The number of aliphatic carboxylic acids is 1. The molecular formula is C24H37N6O11P. The van der Waals surface area contributed by atoms with Gasteiger partial charge in [0.1, 0.15) is 30.4 Å². The van der Waals surface area contributed by atoms with Gasteiger partial charge in [-0.25, -0.2) is 4.57 Å². The van der Waals surface area contributed by atoms with Crippen LogP contribution in [0.5, 0.6) is 5.75 Å². The van der Waals surface area contributed by atoms with E-state index >= 15 is 0 Å². The minimum Gasteiger partial charge on any atom is -0.480 e. The fourth-order valence-electron chi connectivity index (χ4n) is 3.46. The molecule has 0 bridgehead atoms. The van der Waals surface area contributed by atoms with Gasteiger partial charge in [0.2, 0.25) is 29.5 Å². The lowest BCUT2D eigenvalue weighted by Crippen LogP contribution is -2.55. The van der Waals surface area contributed by atoms with Crippen molar-refractivity contribution in [1.82, 2.24) is 26.6 Å². The summed E-state index contributed by atoms with van der Waals surface area (Å²) in [6.07, 6.45) is 0.0540. The first-order valence-corrected chi connectivity index (χ1v) is 14.2. The Bertz CT molecular complexity index is 1170. The number of carboxylic acid groups (broad SMARTS) is 1. The molecule has 1 aromatic carbocycles. The molecule has 0 fully saturated rings. The van der Waals surface area contributed by atoms with Gasteiger partial charge in [-0.2, -0.15) is 0 Å². The van der Waals surface area contributed by atoms with E-state index in [2.05, 4.69) is 31.1 Å². The number of benzene rings is 1. The van der Waals surface area contributed by atoms with Crippen molar-refractivity contribution in [3.8, 4) is 5.75 Å². The summed E-state index contributed by atoms with van der Waals surface area (Å²) < 4.78 is 15.5. The van der Waals surface area contributed by atoms with Crippen molar-refractivity contribution < 1.29 is 52.7 Å². The molecule has 18 heteroatoms. The first-order chi connectivity index (χ1) is 19.5. The first-order valence-electron chi connectivity index (χ1n) is 12.7. The zero-order valence-corrected chi connectivity index (χ0v) is 24.2. The van der Waals surface area contributed by atoms with E-state index in [4.69, 9.17) is 20.6 Å². The molecule has 1 aromatic rings. The first kappa shape index (κ1) is 36.0. The Balaban J connectivity index is 2.99. The van der Waals surface area contributed by atoms with Crippen molar-refractivity contribution in [1.29, 1.82) is 0 Å². The Morgan fingerprint density at radius 3 is 1.93 bits per heavy atom. The minimum absolute atomic E-state index is 0.0414. The Labute approximate surface area is 241 Å². The summed E-state index contributed by atoms with van der Waals surface area (Å²) in [5.74, 6) is -5.08. The summed E-state index contributed by atoms with van der Waals surface area (Å²) >= 11 is 0. The van der Waals surface area contributed by atoms with Crippen molar-refractivity contribution in [3.05, 3.63) is 29.8 Å². The lowest BCUT2D eigenvalue weighted by atomic mass is 10.0. The van der Waals surface area contributed by atoms with Crippen LogP contribution in [0.15, 0.2) is 24.3 Å². The van der Waals surface area contributed by atoms with E-state index in [0.29, 0.717) is 5.56 Å². The Kier molecular flexibility index (Phi) is 14.6. The predicted molar refractivity (Wildman–Crippen MR) is 146 cm³/mol. The Morgan fingerprint density at radius 1 is 0.833 bits per heavy atom. The van der Waals surface area contributed by atoms with Gasteiger partial charge in [-0.3, -0.25) is 38.6 Å². The summed E-state index contributed by atoms with van der Waals surface area (Å²) in [5.41, 5.74) is 5.68. The highest BCUT2D eigenvalue weighted by Gasteiger charge is 2.27. The fourth-order valence-corrected chi connectivity index (χ4v) is 3.85. The van der Waals surface area contributed by atoms with Gasteiger partial charge in [0.15, 0.2) is 0 Å². The molecule has 0 aliphatic rings. The molecule has 0 aliphatic heterocycles. The number of phosphoric ester groups is 1. The SMILES string of the molecule is CC(C)C[C@H](NC(=O)CNC(=O)[C@H](Cc1ccc(OP(=O)(O)O)cc1)NC(=O)[C@H](C)NC(=O)CN)C(=O)NCC(=O)O. The van der Waals surface area contributed by atoms with E-state index < -0.39 is 74.5 Å². The van der Waals surface area contributed by atoms with Crippen LogP contribution in [-0.4, -0.2) is 88.2 Å². The number of nitrogens with one attached hydrogen (secondary N) is 5. The summed E-state index contributed by atoms with van der Waals surface area (Å²) in [7, 11) is -4.80. The van der Waals surface area contributed by atoms with Gasteiger partial charge in [0.05, 0.1) is 13.1 Å². The van der Waals surface area contributed by atoms with Gasteiger partial charge in [-0.15, -0.1) is 0 Å². The number of hydrogen-bond donors (Lipinski definition) is 9. The van der Waals surface area contributed by atoms with Crippen LogP contribution in [0.4, 0.5) is 0 Å². The molecule has 0 radical (unpaired) electrons. The van der Waals surface area contributed by atoms with Gasteiger partial charge in [0.25, 0.3) is 0 Å². The van der Waals surface area contributed by atoms with Crippen LogP contribution in [0, 0.1) is 5.92 Å². The average Bonchev–Trinajstić information content (AvgIpc) is 2.89. The summed E-state index contributed by atoms with van der Waals surface area (Å²) in [6, 6.07) is 1.87. The predicted octanol–water partition coefficient (Wildman–Crippen LogP) is -2.50. The van der Waals surface area contributed by atoms with Gasteiger partial charge in [0, 0.05) is 6.42 Å². The van der Waals surface area contributed by atoms with Crippen LogP contribution in [-0.2, 0) is 39.8 Å². The lowest BCUT2D eigenvalue weighted by molar-refractivity contribution is -0.138. The summed E-state index contributed by atoms with van der Waals surface area (Å²) in [4.78, 5) is 90.8. The quantitative estimate of drug-likeness (QED) is 0.0822. The van der Waals surface area contributed by atoms with Crippen molar-refractivity contribution >= 4 is 43.3 Å². The van der Waals surface area contributed by atoms with Crippen LogP contribution in [0.1, 0.15) is 32.8 Å². The van der Waals surface area contributed by atoms with Gasteiger partial charge < -0.3 is 41.9 Å². The molecule has 10 N–H and O–H groups in total. The highest BCUT2D eigenvalue weighted by Crippen LogP contribution is 2.37. The smallest absolute Gasteiger partial charge is 0.480 e. The fraction of sp³-hybridized carbons (Fsp3) is 0.500. The standard InChI is InChI=1S/C24H37N6O11P/c1-13(2)8-17(23(36)27-12-21(33)34)29-20(32)11-26-24(37)18(30-22(35)14(3)28-19(31)10-25)9-15-4-6-16(7-5-15)41-42(38,39)40/h4-7,13-14,17-18H,8-12,25H2,1-3H3,(H,26,37)(H,27,36)(H,28,31)(H,29,32)(H,30,35)(H,33,34)(H2,38,39,40)/t14-,17-,18-/m0/s1. The molecule has 0 aromatic heterocycles. The normalized spacial score (nSPS) is 13.2. The highest BCUT2D eigenvalue weighted by atomic mass is 31.2. The van der Waals surface area contributed by atoms with Crippen LogP contribution in [0.3, 0.4) is 0 Å². The molecular weight excluding hydrogens is 579 g/mol. The number of phosphoric acid groups is 1. The van der Waals surface area contributed by atoms with Crippen molar-refractivity contribution in [2.45, 2.75) is 51.7 Å². The molecule has 0 saturated carbocycles. The molecule has 0 unspecified atom stereocenters. The number of rotatable bonds is 17. The third-order valence-corrected chi connectivity index (χ3v) is 5.82. The zero-order valence-electron chi connectivity index (χ0n) is 23.3. The van der Waals surface area contributed by atoms with E-state index in [9.17, 15) is 33.3 Å². The topological polar surface area (TPSA) is 276 Å². The van der Waals surface area contributed by atoms with Gasteiger partial charge >= 0.3 is 13.8 Å². The third kappa shape index (κ3) is 14.5. The third-order valence-electron chi connectivity index (χ3n) is 5.37. The second-order valence-electron chi connectivity index (χ2n) is 9.56. The second kappa shape index (κ2) is 17.0. The lowest BCUT2D eigenvalue weighted by Gasteiger charge is -2.22. The zero-order chi connectivity index (χ0) is 32.0. The molecule has 0 aliphatic carbocycles. The Hall–Kier alpha value is -4.05. The maximum absolute atomic E-state index is 13.0. The molecule has 0 heterocycles. The monoisotopic (exact) mass is 616 g/mol. The van der Waals surface area contributed by atoms with Gasteiger partial charge in [-0.1, -0.05) is 26.0 Å². The van der Waals surface area contributed by atoms with Crippen LogP contribution >= 0.6 is 7.82 Å². The molecule has 5 amide bonds. The van der Waals surface area contributed by atoms with E-state index in [1.807, 2.05) is 0 Å². The number of carboxylic acids is 1. The molecule has 1 rings (SSSR count). The molecule has 42 heavy (non-hydrogen) atoms. The van der Waals surface area contributed by atoms with Gasteiger partial charge in [-0.05, 0) is 37.0 Å². The summed E-state index contributed by atoms with van der Waals surface area (Å²) in [5, 5.41) is 20.6. The largest absolute Gasteiger partial charge is 0.524 e. The number of hydrogen-bond acceptors (Lipinski definition) is 9. The number of carbonyl (C=O) groups excluding carboxylic acids is 5. The second-order valence-corrected chi connectivity index (χ2v) is 10.7. The maximum Gasteiger partial charge on any atom is 0.524 e. The Morgan fingerprint density at radius 2 is 1.40 bits per heavy atom. The molecule has 0 spiro atoms. The van der Waals surface area contributed by atoms with Crippen molar-refractivity contribution in [2.75, 3.05) is 19.6 Å². The molecule has 0 saturated heterocycles. The molecule has 234 valence electrons. The van der Waals surface area contributed by atoms with Crippen LogP contribution in [0.25, 0.3) is 0 Å². The van der Waals surface area contributed by atoms with Crippen molar-refractivity contribution in [3.63, 3.8) is 0 Å². The van der Waals surface area contributed by atoms with E-state index in [-0.39, 0.29) is 31.1 Å². The van der Waals surface area contributed by atoms with E-state index in [1.54, 1.807) is 13.8 Å². The number of carbonyl (C=O) groups is 6. The van der Waals surface area contributed by atoms with Crippen LogP contribution < -0.4 is 36.8 Å². The summed E-state index contributed by atoms with van der Waals surface area (Å²) in [6.45, 7) is 3.34. The minimum atomic E-state index is -4.80. The van der Waals surface area contributed by atoms with Crippen LogP contribution in [0.2, 0.25) is 0 Å². The number of amides is 5. The number of nitrogens with two attached hydrogens (primary N) is 1. The highest BCUT2D eigenvalue weighted by molar-refractivity contribution is 7.46. The average molecular weight is 617 g/mol. The van der Waals surface area contributed by atoms with E-state index in [1.165, 1.54) is 31.2 Å². The van der Waals surface area contributed by atoms with E-state index in [0.717, 1.165) is 0 Å². The molecule has 17 nitrogen and oxygen atoms in total.